The second kappa shape index (κ2) is 6.15. The molecule has 0 spiro atoms. The van der Waals surface area contributed by atoms with E-state index in [-0.39, 0.29) is 17.6 Å². The number of hydrogen-bond acceptors (Lipinski definition) is 3. The third-order valence-corrected chi connectivity index (χ3v) is 4.58. The van der Waals surface area contributed by atoms with Crippen LogP contribution in [0, 0.1) is 0 Å². The lowest BCUT2D eigenvalue weighted by Gasteiger charge is -2.45. The van der Waals surface area contributed by atoms with Gasteiger partial charge in [0.15, 0.2) is 0 Å². The molecule has 0 amide bonds. The average molecular weight is 296 g/mol. The van der Waals surface area contributed by atoms with Crippen molar-refractivity contribution in [2.45, 2.75) is 44.2 Å². The van der Waals surface area contributed by atoms with Gasteiger partial charge in [-0.1, -0.05) is 23.7 Å². The molecule has 1 saturated carbocycles. The van der Waals surface area contributed by atoms with Crippen molar-refractivity contribution in [2.24, 2.45) is 0 Å². The number of benzene rings is 1. The zero-order valence-corrected chi connectivity index (χ0v) is 13.1. The van der Waals surface area contributed by atoms with Gasteiger partial charge in [-0.15, -0.1) is 0 Å². The molecule has 0 radical (unpaired) electrons. The number of halogens is 1. The van der Waals surface area contributed by atoms with Crippen LogP contribution in [-0.2, 0) is 15.1 Å². The summed E-state index contributed by atoms with van der Waals surface area (Å²) in [4.78, 5) is 13.3. The van der Waals surface area contributed by atoms with E-state index in [0.29, 0.717) is 0 Å². The Bertz CT molecular complexity index is 462. The van der Waals surface area contributed by atoms with Crippen LogP contribution in [0.4, 0.5) is 0 Å². The lowest BCUT2D eigenvalue weighted by atomic mass is 9.74. The second-order valence-corrected chi connectivity index (χ2v) is 6.18. The molecule has 1 aliphatic carbocycles. The molecule has 20 heavy (non-hydrogen) atoms. The summed E-state index contributed by atoms with van der Waals surface area (Å²) in [6, 6.07) is 8.10. The number of rotatable bonds is 3. The van der Waals surface area contributed by atoms with Gasteiger partial charge in [0.1, 0.15) is 6.10 Å². The number of esters is 1. The van der Waals surface area contributed by atoms with Gasteiger partial charge in [-0.25, -0.2) is 0 Å². The highest BCUT2D eigenvalue weighted by Crippen LogP contribution is 2.42. The Balaban J connectivity index is 2.17. The maximum atomic E-state index is 11.1. The quantitative estimate of drug-likeness (QED) is 0.798. The molecule has 0 unspecified atom stereocenters. The van der Waals surface area contributed by atoms with Crippen molar-refractivity contribution in [3.63, 3.8) is 0 Å². The predicted molar refractivity (Wildman–Crippen MR) is 80.8 cm³/mol. The third kappa shape index (κ3) is 3.15. The molecule has 0 N–H and O–H groups in total. The first-order valence-corrected chi connectivity index (χ1v) is 7.42. The summed E-state index contributed by atoms with van der Waals surface area (Å²) in [6.45, 7) is 1.48. The lowest BCUT2D eigenvalue weighted by Crippen LogP contribution is -2.45. The fraction of sp³-hybridized carbons (Fsp3) is 0.562. The van der Waals surface area contributed by atoms with Crippen molar-refractivity contribution in [2.75, 3.05) is 14.1 Å². The van der Waals surface area contributed by atoms with Crippen LogP contribution in [0.3, 0.4) is 0 Å². The first-order chi connectivity index (χ1) is 9.44. The van der Waals surface area contributed by atoms with Gasteiger partial charge in [-0.3, -0.25) is 9.69 Å². The molecule has 1 aliphatic rings. The van der Waals surface area contributed by atoms with Crippen LogP contribution in [0.15, 0.2) is 24.3 Å². The average Bonchev–Trinajstić information content (AvgIpc) is 2.40. The summed E-state index contributed by atoms with van der Waals surface area (Å²) in [6.07, 6.45) is 3.84. The van der Waals surface area contributed by atoms with Crippen molar-refractivity contribution in [1.82, 2.24) is 4.90 Å². The minimum Gasteiger partial charge on any atom is -0.463 e. The number of carbonyl (C=O) groups is 1. The van der Waals surface area contributed by atoms with Gasteiger partial charge in [-0.2, -0.15) is 0 Å². The standard InChI is InChI=1S/C16H22ClNO2/c1-12(19)20-15-8-10-16(11-9-15,18(2)3)13-4-6-14(17)7-5-13/h4-7,15H,8-11H2,1-3H3. The van der Waals surface area contributed by atoms with Crippen molar-refractivity contribution in [3.05, 3.63) is 34.9 Å². The molecule has 1 fully saturated rings. The topological polar surface area (TPSA) is 29.5 Å². The third-order valence-electron chi connectivity index (χ3n) is 4.33. The van der Waals surface area contributed by atoms with Crippen LogP contribution in [0.25, 0.3) is 0 Å². The number of ether oxygens (including phenoxy) is 1. The summed E-state index contributed by atoms with van der Waals surface area (Å²) in [7, 11) is 4.22. The fourth-order valence-corrected chi connectivity index (χ4v) is 3.30. The van der Waals surface area contributed by atoms with Crippen molar-refractivity contribution in [1.29, 1.82) is 0 Å². The highest BCUT2D eigenvalue weighted by molar-refractivity contribution is 6.30. The molecule has 0 aliphatic heterocycles. The Morgan fingerprint density at radius 3 is 2.25 bits per heavy atom. The monoisotopic (exact) mass is 295 g/mol. The summed E-state index contributed by atoms with van der Waals surface area (Å²) in [5, 5.41) is 0.760. The van der Waals surface area contributed by atoms with Crippen LogP contribution < -0.4 is 0 Å². The first-order valence-electron chi connectivity index (χ1n) is 7.05. The maximum Gasteiger partial charge on any atom is 0.302 e. The van der Waals surface area contributed by atoms with Gasteiger partial charge in [0.25, 0.3) is 0 Å². The highest BCUT2D eigenvalue weighted by Gasteiger charge is 2.39. The van der Waals surface area contributed by atoms with E-state index in [2.05, 4.69) is 31.1 Å². The van der Waals surface area contributed by atoms with Crippen LogP contribution >= 0.6 is 11.6 Å². The van der Waals surface area contributed by atoms with E-state index in [1.165, 1.54) is 12.5 Å². The van der Waals surface area contributed by atoms with E-state index >= 15 is 0 Å². The summed E-state index contributed by atoms with van der Waals surface area (Å²) in [5.41, 5.74) is 1.30. The number of nitrogens with zero attached hydrogens (tertiary/aromatic N) is 1. The summed E-state index contributed by atoms with van der Waals surface area (Å²) >= 11 is 5.98. The molecule has 0 aromatic heterocycles. The molecule has 3 nitrogen and oxygen atoms in total. The zero-order chi connectivity index (χ0) is 14.8. The largest absolute Gasteiger partial charge is 0.463 e. The van der Waals surface area contributed by atoms with Crippen LogP contribution in [0.5, 0.6) is 0 Å². The maximum absolute atomic E-state index is 11.1. The molecule has 1 aromatic rings. The van der Waals surface area contributed by atoms with E-state index in [9.17, 15) is 4.79 Å². The zero-order valence-electron chi connectivity index (χ0n) is 12.4. The second-order valence-electron chi connectivity index (χ2n) is 5.74. The SMILES string of the molecule is CC(=O)OC1CCC(c2ccc(Cl)cc2)(N(C)C)CC1. The van der Waals surface area contributed by atoms with Gasteiger partial charge >= 0.3 is 5.97 Å². The van der Waals surface area contributed by atoms with E-state index < -0.39 is 0 Å². The Morgan fingerprint density at radius 1 is 1.25 bits per heavy atom. The molecule has 0 saturated heterocycles. The van der Waals surface area contributed by atoms with Crippen molar-refractivity contribution >= 4 is 17.6 Å². The molecule has 2 rings (SSSR count). The number of hydrogen-bond donors (Lipinski definition) is 0. The Labute approximate surface area is 125 Å². The minimum atomic E-state index is -0.182. The molecular formula is C16H22ClNO2. The molecule has 0 heterocycles. The van der Waals surface area contributed by atoms with Gasteiger partial charge in [0, 0.05) is 17.5 Å². The van der Waals surface area contributed by atoms with Crippen LogP contribution in [-0.4, -0.2) is 31.1 Å². The van der Waals surface area contributed by atoms with Crippen molar-refractivity contribution in [3.8, 4) is 0 Å². The Morgan fingerprint density at radius 2 is 1.80 bits per heavy atom. The van der Waals surface area contributed by atoms with Crippen molar-refractivity contribution < 1.29 is 9.53 Å². The van der Waals surface area contributed by atoms with E-state index in [1.807, 2.05) is 12.1 Å². The Hall–Kier alpha value is -1.06. The minimum absolute atomic E-state index is 0.0151. The van der Waals surface area contributed by atoms with E-state index in [4.69, 9.17) is 16.3 Å². The lowest BCUT2D eigenvalue weighted by molar-refractivity contribution is -0.149. The predicted octanol–water partition coefficient (Wildman–Crippen LogP) is 3.60. The van der Waals surface area contributed by atoms with Gasteiger partial charge in [-0.05, 0) is 57.5 Å². The normalized spacial score (nSPS) is 26.6. The van der Waals surface area contributed by atoms with Gasteiger partial charge < -0.3 is 4.74 Å². The molecule has 0 bridgehead atoms. The van der Waals surface area contributed by atoms with E-state index in [0.717, 1.165) is 30.7 Å². The molecule has 1 aromatic carbocycles. The first kappa shape index (κ1) is 15.3. The van der Waals surface area contributed by atoms with E-state index in [1.54, 1.807) is 0 Å². The fourth-order valence-electron chi connectivity index (χ4n) is 3.18. The molecule has 0 atom stereocenters. The Kier molecular flexibility index (Phi) is 4.71. The molecule has 110 valence electrons. The molecule has 4 heteroatoms. The van der Waals surface area contributed by atoms with Gasteiger partial charge in [0.05, 0.1) is 0 Å². The van der Waals surface area contributed by atoms with Gasteiger partial charge in [0.2, 0.25) is 0 Å². The smallest absolute Gasteiger partial charge is 0.302 e. The summed E-state index contributed by atoms with van der Waals surface area (Å²) < 4.78 is 5.34. The molecular weight excluding hydrogens is 274 g/mol. The number of carbonyl (C=O) groups excluding carboxylic acids is 1. The van der Waals surface area contributed by atoms with Crippen LogP contribution in [0.1, 0.15) is 38.2 Å². The highest BCUT2D eigenvalue weighted by atomic mass is 35.5. The van der Waals surface area contributed by atoms with Crippen LogP contribution in [0.2, 0.25) is 5.02 Å². The summed E-state index contributed by atoms with van der Waals surface area (Å²) in [5.74, 6) is -0.182.